The van der Waals surface area contributed by atoms with Gasteiger partial charge in [-0.3, -0.25) is 4.99 Å². The van der Waals surface area contributed by atoms with Crippen LogP contribution >= 0.6 is 11.3 Å². The van der Waals surface area contributed by atoms with Crippen LogP contribution in [0.25, 0.3) is 58.8 Å². The smallest absolute Gasteiger partial charge is 0.0992 e. The maximum absolute atomic E-state index is 9.34. The Labute approximate surface area is 218 Å². The van der Waals surface area contributed by atoms with E-state index >= 15 is 0 Å². The molecule has 0 aliphatic carbocycles. The SMILES string of the molecule is C=NCc1ccc(-c2ccc3c(c2)sc2cc(C#N)ccc23)c(-n2c3ccccc3c3ccccc32)c1. The highest BCUT2D eigenvalue weighted by Gasteiger charge is 2.17. The molecule has 0 bridgehead atoms. The van der Waals surface area contributed by atoms with Gasteiger partial charge in [-0.25, -0.2) is 0 Å². The molecule has 0 saturated heterocycles. The molecule has 2 aromatic heterocycles. The lowest BCUT2D eigenvalue weighted by Gasteiger charge is -2.16. The second kappa shape index (κ2) is 8.44. The number of benzene rings is 5. The first kappa shape index (κ1) is 21.6. The number of thiophene rings is 1. The van der Waals surface area contributed by atoms with Crippen molar-refractivity contribution >= 4 is 60.0 Å². The predicted molar refractivity (Wildman–Crippen MR) is 157 cm³/mol. The quantitative estimate of drug-likeness (QED) is 0.227. The van der Waals surface area contributed by atoms with Crippen molar-refractivity contribution in [1.82, 2.24) is 4.57 Å². The molecule has 0 radical (unpaired) electrons. The number of hydrogen-bond acceptors (Lipinski definition) is 3. The van der Waals surface area contributed by atoms with Gasteiger partial charge in [0.1, 0.15) is 0 Å². The Kier molecular flexibility index (Phi) is 4.92. The van der Waals surface area contributed by atoms with Crippen LogP contribution in [-0.2, 0) is 6.54 Å². The summed E-state index contributed by atoms with van der Waals surface area (Å²) >= 11 is 1.74. The van der Waals surface area contributed by atoms with E-state index in [0.29, 0.717) is 12.1 Å². The summed E-state index contributed by atoms with van der Waals surface area (Å²) in [7, 11) is 0. The monoisotopic (exact) mass is 491 g/mol. The number of nitriles is 1. The van der Waals surface area contributed by atoms with Gasteiger partial charge in [0.05, 0.1) is 34.9 Å². The average Bonchev–Trinajstić information content (AvgIpc) is 3.47. The average molecular weight is 492 g/mol. The van der Waals surface area contributed by atoms with Crippen molar-refractivity contribution in [3.8, 4) is 22.9 Å². The molecule has 0 atom stereocenters. The normalized spacial score (nSPS) is 11.4. The van der Waals surface area contributed by atoms with Crippen molar-refractivity contribution in [2.45, 2.75) is 6.54 Å². The summed E-state index contributed by atoms with van der Waals surface area (Å²) in [4.78, 5) is 4.15. The first-order chi connectivity index (χ1) is 18.2. The highest BCUT2D eigenvalue weighted by atomic mass is 32.1. The van der Waals surface area contributed by atoms with Crippen LogP contribution in [0, 0.1) is 11.3 Å². The van der Waals surface area contributed by atoms with Crippen LogP contribution in [0.2, 0.25) is 0 Å². The Morgan fingerprint density at radius 2 is 1.41 bits per heavy atom. The third-order valence-electron chi connectivity index (χ3n) is 7.09. The number of hydrogen-bond donors (Lipinski definition) is 0. The number of para-hydroxylation sites is 2. The molecule has 174 valence electrons. The van der Waals surface area contributed by atoms with Gasteiger partial charge in [-0.15, -0.1) is 11.3 Å². The van der Waals surface area contributed by atoms with Crippen molar-refractivity contribution in [3.63, 3.8) is 0 Å². The predicted octanol–water partition coefficient (Wildman–Crippen LogP) is 8.89. The fraction of sp³-hybridized carbons (Fsp3) is 0.0303. The fourth-order valence-electron chi connectivity index (χ4n) is 5.43. The Hall–Kier alpha value is -4.72. The Morgan fingerprint density at radius 3 is 2.11 bits per heavy atom. The standard InChI is InChI=1S/C33H21N3S/c1-35-20-22-11-13-24(23-12-15-28-27-14-10-21(19-34)17-32(27)37-33(28)18-23)31(16-22)36-29-8-4-2-6-25(29)26-7-3-5-9-30(26)36/h2-18H,1,20H2. The lowest BCUT2D eigenvalue weighted by Crippen LogP contribution is -1.99. The lowest BCUT2D eigenvalue weighted by atomic mass is 9.99. The molecule has 37 heavy (non-hydrogen) atoms. The Balaban J connectivity index is 1.52. The van der Waals surface area contributed by atoms with E-state index in [1.54, 1.807) is 11.3 Å². The zero-order valence-corrected chi connectivity index (χ0v) is 20.8. The summed E-state index contributed by atoms with van der Waals surface area (Å²) < 4.78 is 4.73. The molecule has 4 heteroatoms. The Bertz CT molecular complexity index is 2000. The maximum Gasteiger partial charge on any atom is 0.0992 e. The van der Waals surface area contributed by atoms with Gasteiger partial charge in [0.15, 0.2) is 0 Å². The fourth-order valence-corrected chi connectivity index (χ4v) is 6.61. The molecule has 0 N–H and O–H groups in total. The summed E-state index contributed by atoms with van der Waals surface area (Å²) in [5.41, 5.74) is 7.64. The third-order valence-corrected chi connectivity index (χ3v) is 8.21. The largest absolute Gasteiger partial charge is 0.309 e. The minimum absolute atomic E-state index is 0.570. The van der Waals surface area contributed by atoms with E-state index in [1.807, 2.05) is 12.1 Å². The first-order valence-electron chi connectivity index (χ1n) is 12.2. The molecule has 0 spiro atoms. The molecule has 0 aliphatic heterocycles. The molecule has 0 unspecified atom stereocenters. The van der Waals surface area contributed by atoms with Gasteiger partial charge < -0.3 is 4.57 Å². The molecule has 0 amide bonds. The van der Waals surface area contributed by atoms with Crippen LogP contribution in [0.15, 0.2) is 108 Å². The van der Waals surface area contributed by atoms with Crippen LogP contribution < -0.4 is 0 Å². The highest BCUT2D eigenvalue weighted by Crippen LogP contribution is 2.40. The topological polar surface area (TPSA) is 41.1 Å². The number of fused-ring (bicyclic) bond motifs is 6. The number of aromatic nitrogens is 1. The van der Waals surface area contributed by atoms with Crippen LogP contribution in [0.3, 0.4) is 0 Å². The van der Waals surface area contributed by atoms with Crippen LogP contribution in [0.1, 0.15) is 11.1 Å². The molecule has 2 heterocycles. The van der Waals surface area contributed by atoms with Crippen molar-refractivity contribution in [3.05, 3.63) is 114 Å². The lowest BCUT2D eigenvalue weighted by molar-refractivity contribution is 1.07. The second-order valence-corrected chi connectivity index (χ2v) is 10.3. The first-order valence-corrected chi connectivity index (χ1v) is 13.0. The van der Waals surface area contributed by atoms with E-state index in [1.165, 1.54) is 37.3 Å². The minimum Gasteiger partial charge on any atom is -0.309 e. The highest BCUT2D eigenvalue weighted by molar-refractivity contribution is 7.25. The summed E-state index contributed by atoms with van der Waals surface area (Å²) in [5, 5.41) is 14.2. The molecular formula is C33H21N3S. The van der Waals surface area contributed by atoms with Crippen molar-refractivity contribution < 1.29 is 0 Å². The molecule has 3 nitrogen and oxygen atoms in total. The molecule has 7 aromatic rings. The number of nitrogens with zero attached hydrogens (tertiary/aromatic N) is 3. The van der Waals surface area contributed by atoms with E-state index in [9.17, 15) is 5.26 Å². The van der Waals surface area contributed by atoms with E-state index < -0.39 is 0 Å². The molecule has 5 aromatic carbocycles. The number of aliphatic imine (C=N–C) groups is 1. The zero-order chi connectivity index (χ0) is 24.9. The molecule has 0 saturated carbocycles. The zero-order valence-electron chi connectivity index (χ0n) is 20.0. The van der Waals surface area contributed by atoms with Gasteiger partial charge >= 0.3 is 0 Å². The molecule has 0 fully saturated rings. The van der Waals surface area contributed by atoms with Gasteiger partial charge in [-0.2, -0.15) is 5.26 Å². The number of rotatable bonds is 4. The van der Waals surface area contributed by atoms with E-state index in [2.05, 4.69) is 113 Å². The third kappa shape index (κ3) is 3.36. The van der Waals surface area contributed by atoms with Gasteiger partial charge in [0.2, 0.25) is 0 Å². The van der Waals surface area contributed by atoms with Crippen molar-refractivity contribution in [2.24, 2.45) is 4.99 Å². The van der Waals surface area contributed by atoms with Crippen LogP contribution in [0.4, 0.5) is 0 Å². The summed E-state index contributed by atoms with van der Waals surface area (Å²) in [6, 6.07) is 38.7. The van der Waals surface area contributed by atoms with E-state index in [4.69, 9.17) is 0 Å². The van der Waals surface area contributed by atoms with Crippen LogP contribution in [0.5, 0.6) is 0 Å². The molecular weight excluding hydrogens is 470 g/mol. The molecule has 7 rings (SSSR count). The van der Waals surface area contributed by atoms with Crippen molar-refractivity contribution in [1.29, 1.82) is 5.26 Å². The van der Waals surface area contributed by atoms with Gasteiger partial charge in [0, 0.05) is 36.5 Å². The van der Waals surface area contributed by atoms with Gasteiger partial charge in [-0.1, -0.05) is 66.7 Å². The second-order valence-electron chi connectivity index (χ2n) is 9.24. The van der Waals surface area contributed by atoms with Crippen LogP contribution in [-0.4, -0.2) is 11.3 Å². The van der Waals surface area contributed by atoms with Crippen molar-refractivity contribution in [2.75, 3.05) is 0 Å². The minimum atomic E-state index is 0.570. The van der Waals surface area contributed by atoms with E-state index in [0.717, 1.165) is 27.1 Å². The van der Waals surface area contributed by atoms with E-state index in [-0.39, 0.29) is 0 Å². The maximum atomic E-state index is 9.34. The van der Waals surface area contributed by atoms with Gasteiger partial charge in [-0.05, 0) is 54.2 Å². The Morgan fingerprint density at radius 1 is 0.730 bits per heavy atom. The van der Waals surface area contributed by atoms with Gasteiger partial charge in [0.25, 0.3) is 0 Å². The summed E-state index contributed by atoms with van der Waals surface area (Å²) in [5.74, 6) is 0. The molecule has 0 aliphatic rings. The summed E-state index contributed by atoms with van der Waals surface area (Å²) in [6.07, 6.45) is 0. The summed E-state index contributed by atoms with van der Waals surface area (Å²) in [6.45, 7) is 4.29.